The van der Waals surface area contributed by atoms with Crippen LogP contribution in [0.2, 0.25) is 0 Å². The molecule has 0 heterocycles. The normalized spacial score (nSPS) is 1.60. The summed E-state index contributed by atoms with van der Waals surface area (Å²) in [5.74, 6) is 0. The molecule has 3 nitrogen and oxygen atoms in total. The summed E-state index contributed by atoms with van der Waals surface area (Å²) in [6, 6.07) is 0. The maximum Gasteiger partial charge on any atom is -0.412 e. The zero-order chi connectivity index (χ0) is 2.71. The molecular formula is CH5FeN2O. The van der Waals surface area contributed by atoms with E-state index in [1.165, 1.54) is 4.97 Å². The van der Waals surface area contributed by atoms with E-state index in [2.05, 4.69) is 16.0 Å². The van der Waals surface area contributed by atoms with Crippen molar-refractivity contribution in [3.05, 3.63) is 0 Å². The Morgan fingerprint density at radius 3 is 1.60 bits per heavy atom. The number of nitrogens with zero attached hydrogens (tertiary/aromatic N) is 1. The molecule has 0 aliphatic heterocycles. The third-order valence-corrected chi connectivity index (χ3v) is 0. The van der Waals surface area contributed by atoms with Crippen molar-refractivity contribution in [2.45, 2.75) is 0 Å². The van der Waals surface area contributed by atoms with Crippen molar-refractivity contribution in [2.75, 3.05) is 0 Å². The second-order valence-electron chi connectivity index (χ2n) is 0.0791. The molecule has 0 unspecified atom stereocenters. The van der Waals surface area contributed by atoms with Gasteiger partial charge in [-0.1, -0.05) is 0 Å². The third kappa shape index (κ3) is 2940. The maximum absolute atomic E-state index is 7.21. The van der Waals surface area contributed by atoms with E-state index in [0.717, 1.165) is 0 Å². The van der Waals surface area contributed by atoms with E-state index < -0.39 is 0 Å². The van der Waals surface area contributed by atoms with E-state index in [0.29, 0.717) is 0 Å². The molecule has 33 valence electrons. The standard InChI is InChI=1S/CN.Fe.H3N.H2O/c1-2;;;/h;;1H3;1H2. The van der Waals surface area contributed by atoms with Gasteiger partial charge in [-0.25, -0.2) is 0 Å². The van der Waals surface area contributed by atoms with E-state index in [1.807, 2.05) is 0 Å². The molecule has 0 rings (SSSR count). The molecule has 0 spiro atoms. The van der Waals surface area contributed by atoms with Crippen LogP contribution in [0.15, 0.2) is 0 Å². The summed E-state index contributed by atoms with van der Waals surface area (Å²) >= 11 is 2.79. The Bertz CT molecular complexity index is 31.1. The van der Waals surface area contributed by atoms with E-state index in [9.17, 15) is 0 Å². The minimum absolute atomic E-state index is 0. The van der Waals surface area contributed by atoms with Gasteiger partial charge < -0.3 is 11.6 Å². The van der Waals surface area contributed by atoms with Crippen molar-refractivity contribution in [1.82, 2.24) is 6.15 Å². The summed E-state index contributed by atoms with van der Waals surface area (Å²) in [5, 5.41) is 7.21. The monoisotopic (exact) mass is 117 g/mol. The third-order valence-electron chi connectivity index (χ3n) is 0. The van der Waals surface area contributed by atoms with Gasteiger partial charge in [0.1, 0.15) is 0 Å². The Balaban J connectivity index is -0.0000000200. The Morgan fingerprint density at radius 2 is 1.60 bits per heavy atom. The first-order valence-corrected chi connectivity index (χ1v) is 0.952. The predicted molar refractivity (Wildman–Crippen MR) is 14.2 cm³/mol. The summed E-state index contributed by atoms with van der Waals surface area (Å²) in [6.45, 7) is 0. The van der Waals surface area contributed by atoms with Gasteiger partial charge in [0, 0.05) is 0 Å². The minimum atomic E-state index is 0. The fourth-order valence-electron chi connectivity index (χ4n) is 0. The molecule has 5 N–H and O–H groups in total. The SMILES string of the molecule is N.N#[C][Fe].O. The maximum atomic E-state index is 7.21. The minimum Gasteiger partial charge on any atom is -0.412 e. The fourth-order valence-corrected chi connectivity index (χ4v) is 0. The first-order chi connectivity index (χ1) is 1.41. The number of rotatable bonds is 0. The van der Waals surface area contributed by atoms with Crippen LogP contribution in [0.5, 0.6) is 0 Å². The van der Waals surface area contributed by atoms with Crippen LogP contribution in [-0.4, -0.2) is 5.48 Å². The quantitative estimate of drug-likeness (QED) is 0.427. The molecule has 4 heteroatoms. The predicted octanol–water partition coefficient (Wildman–Crippen LogP) is -0.648. The molecule has 0 bridgehead atoms. The molecule has 0 fully saturated rings. The summed E-state index contributed by atoms with van der Waals surface area (Å²) in [6.07, 6.45) is 0. The fraction of sp³-hybridized carbons (Fsp3) is 0. The zero-order valence-electron chi connectivity index (χ0n) is 2.51. The Morgan fingerprint density at radius 1 is 1.60 bits per heavy atom. The van der Waals surface area contributed by atoms with Crippen LogP contribution >= 0.6 is 0 Å². The summed E-state index contributed by atoms with van der Waals surface area (Å²) in [4.78, 5) is 1.50. The summed E-state index contributed by atoms with van der Waals surface area (Å²) in [7, 11) is 0. The molecule has 0 atom stereocenters. The first kappa shape index (κ1) is 20.4. The van der Waals surface area contributed by atoms with Gasteiger partial charge in [0.2, 0.25) is 0 Å². The zero-order valence-corrected chi connectivity index (χ0v) is 3.61. The van der Waals surface area contributed by atoms with E-state index in [-0.39, 0.29) is 11.6 Å². The van der Waals surface area contributed by atoms with Crippen molar-refractivity contribution < 1.29 is 21.5 Å². The average Bonchev–Trinajstić information content (AvgIpc) is 0.918. The number of hydrogen-bond acceptors (Lipinski definition) is 2. The van der Waals surface area contributed by atoms with Crippen molar-refractivity contribution in [2.24, 2.45) is 0 Å². The molecule has 0 radical (unpaired) electrons. The van der Waals surface area contributed by atoms with Gasteiger partial charge in [0.25, 0.3) is 0 Å². The van der Waals surface area contributed by atoms with Crippen LogP contribution < -0.4 is 6.15 Å². The first-order valence-electron chi connectivity index (χ1n) is 0.400. The van der Waals surface area contributed by atoms with Crippen LogP contribution in [0.25, 0.3) is 0 Å². The largest absolute Gasteiger partial charge is 0.412 e. The molecule has 0 saturated heterocycles. The van der Waals surface area contributed by atoms with Crippen LogP contribution in [0.3, 0.4) is 0 Å². The van der Waals surface area contributed by atoms with Crippen LogP contribution in [-0.2, 0) is 16.0 Å². The average molecular weight is 117 g/mol. The van der Waals surface area contributed by atoms with Crippen molar-refractivity contribution in [1.29, 1.82) is 5.26 Å². The van der Waals surface area contributed by atoms with E-state index in [4.69, 9.17) is 5.26 Å². The molecule has 0 aromatic carbocycles. The van der Waals surface area contributed by atoms with Crippen molar-refractivity contribution in [3.8, 4) is 4.97 Å². The Hall–Kier alpha value is -0.0705. The second kappa shape index (κ2) is 39.0. The van der Waals surface area contributed by atoms with Gasteiger partial charge in [0.15, 0.2) is 0 Å². The second-order valence-corrected chi connectivity index (χ2v) is 0.326. The van der Waals surface area contributed by atoms with Crippen LogP contribution in [0.1, 0.15) is 0 Å². The molecular weight excluding hydrogens is 112 g/mol. The van der Waals surface area contributed by atoms with Crippen molar-refractivity contribution in [3.63, 3.8) is 0 Å². The van der Waals surface area contributed by atoms with Gasteiger partial charge in [-0.05, 0) is 0 Å². The molecule has 0 aliphatic rings. The van der Waals surface area contributed by atoms with Gasteiger partial charge in [-0.2, -0.15) is 0 Å². The summed E-state index contributed by atoms with van der Waals surface area (Å²) in [5.41, 5.74) is 0. The molecule has 0 amide bonds. The molecule has 0 saturated carbocycles. The smallest absolute Gasteiger partial charge is 0.412 e. The van der Waals surface area contributed by atoms with E-state index >= 15 is 0 Å². The van der Waals surface area contributed by atoms with Gasteiger partial charge in [0.05, 0.1) is 0 Å². The van der Waals surface area contributed by atoms with Gasteiger partial charge in [-0.3, -0.25) is 0 Å². The molecule has 0 aromatic heterocycles. The number of hydrogen-bond donors (Lipinski definition) is 1. The van der Waals surface area contributed by atoms with Crippen LogP contribution in [0.4, 0.5) is 0 Å². The topological polar surface area (TPSA) is 90.3 Å². The molecule has 5 heavy (non-hydrogen) atoms. The number of nitriles is 1. The Labute approximate surface area is 38.7 Å². The Kier molecular flexibility index (Phi) is 160. The van der Waals surface area contributed by atoms with Crippen molar-refractivity contribution >= 4 is 0 Å². The van der Waals surface area contributed by atoms with Gasteiger partial charge in [-0.15, -0.1) is 0 Å². The molecule has 0 aromatic rings. The van der Waals surface area contributed by atoms with Crippen LogP contribution in [0, 0.1) is 10.2 Å². The van der Waals surface area contributed by atoms with Gasteiger partial charge >= 0.3 is 26.2 Å². The van der Waals surface area contributed by atoms with E-state index in [1.54, 1.807) is 0 Å². The summed E-state index contributed by atoms with van der Waals surface area (Å²) < 4.78 is 0. The molecule has 0 aliphatic carbocycles.